The van der Waals surface area contributed by atoms with Gasteiger partial charge in [0.15, 0.2) is 0 Å². The fourth-order valence-electron chi connectivity index (χ4n) is 2.91. The number of hydrogen-bond donors (Lipinski definition) is 0. The molecule has 1 aliphatic rings. The molecule has 1 saturated heterocycles. The first-order valence-corrected chi connectivity index (χ1v) is 7.82. The van der Waals surface area contributed by atoms with Crippen LogP contribution in [0.3, 0.4) is 0 Å². The van der Waals surface area contributed by atoms with E-state index < -0.39 is 0 Å². The maximum Gasteiger partial charge on any atom is 0.122 e. The Kier molecular flexibility index (Phi) is 4.49. The van der Waals surface area contributed by atoms with E-state index in [2.05, 4.69) is 43.3 Å². The number of piperazine rings is 1. The van der Waals surface area contributed by atoms with E-state index in [4.69, 9.17) is 0 Å². The number of aryl methyl sites for hydroxylation is 2. The van der Waals surface area contributed by atoms with E-state index >= 15 is 0 Å². The molecule has 2 aromatic heterocycles. The third kappa shape index (κ3) is 3.51. The first kappa shape index (κ1) is 15.1. The molecule has 3 heterocycles. The average molecular weight is 300 g/mol. The van der Waals surface area contributed by atoms with Crippen LogP contribution in [0.15, 0.2) is 24.8 Å². The molecule has 0 aromatic carbocycles. The van der Waals surface area contributed by atoms with Gasteiger partial charge in [0.05, 0.1) is 17.9 Å². The molecule has 1 fully saturated rings. The van der Waals surface area contributed by atoms with Gasteiger partial charge in [0.1, 0.15) is 5.82 Å². The lowest BCUT2D eigenvalue weighted by Crippen LogP contribution is -2.51. The molecule has 6 nitrogen and oxygen atoms in total. The molecule has 3 rings (SSSR count). The van der Waals surface area contributed by atoms with Gasteiger partial charge in [0, 0.05) is 64.1 Å². The Hall–Kier alpha value is -1.79. The third-order valence-corrected chi connectivity index (χ3v) is 4.33. The largest absolute Gasteiger partial charge is 0.337 e. The molecule has 0 unspecified atom stereocenters. The van der Waals surface area contributed by atoms with Gasteiger partial charge in [0.2, 0.25) is 0 Å². The zero-order chi connectivity index (χ0) is 15.5. The van der Waals surface area contributed by atoms with Gasteiger partial charge in [-0.15, -0.1) is 0 Å². The smallest absolute Gasteiger partial charge is 0.122 e. The highest BCUT2D eigenvalue weighted by Crippen LogP contribution is 2.14. The lowest BCUT2D eigenvalue weighted by molar-refractivity contribution is 0.0699. The normalized spacial score (nSPS) is 20.4. The van der Waals surface area contributed by atoms with Gasteiger partial charge in [-0.3, -0.25) is 19.8 Å². The number of imidazole rings is 1. The molecular formula is C16H24N6. The highest BCUT2D eigenvalue weighted by Gasteiger charge is 2.24. The molecule has 0 spiro atoms. The standard InChI is InChI=1S/C16H24N6/c1-13-8-19-15(9-18-13)11-21-6-7-22(14(2)10-21)12-16-17-4-5-20(16)3/h4-5,8-9,14H,6-7,10-12H2,1-3H3/t14-/m0/s1. The lowest BCUT2D eigenvalue weighted by atomic mass is 10.2. The highest BCUT2D eigenvalue weighted by molar-refractivity contribution is 5.01. The minimum Gasteiger partial charge on any atom is -0.337 e. The van der Waals surface area contributed by atoms with Gasteiger partial charge in [-0.2, -0.15) is 0 Å². The van der Waals surface area contributed by atoms with E-state index in [9.17, 15) is 0 Å². The van der Waals surface area contributed by atoms with Crippen molar-refractivity contribution in [2.45, 2.75) is 33.0 Å². The van der Waals surface area contributed by atoms with Gasteiger partial charge in [-0.1, -0.05) is 0 Å². The highest BCUT2D eigenvalue weighted by atomic mass is 15.3. The summed E-state index contributed by atoms with van der Waals surface area (Å²) in [7, 11) is 2.05. The first-order chi connectivity index (χ1) is 10.6. The second-order valence-electron chi connectivity index (χ2n) is 6.16. The third-order valence-electron chi connectivity index (χ3n) is 4.33. The quantitative estimate of drug-likeness (QED) is 0.850. The molecule has 0 radical (unpaired) electrons. The van der Waals surface area contributed by atoms with Crippen LogP contribution in [0, 0.1) is 6.92 Å². The van der Waals surface area contributed by atoms with E-state index in [-0.39, 0.29) is 0 Å². The van der Waals surface area contributed by atoms with Crippen molar-refractivity contribution in [1.82, 2.24) is 29.3 Å². The number of hydrogen-bond acceptors (Lipinski definition) is 5. The van der Waals surface area contributed by atoms with Crippen molar-refractivity contribution in [3.05, 3.63) is 42.0 Å². The Morgan fingerprint density at radius 3 is 2.64 bits per heavy atom. The Morgan fingerprint density at radius 1 is 1.14 bits per heavy atom. The molecule has 118 valence electrons. The molecule has 0 bridgehead atoms. The van der Waals surface area contributed by atoms with Crippen LogP contribution in [0.2, 0.25) is 0 Å². The lowest BCUT2D eigenvalue weighted by Gasteiger charge is -2.39. The Balaban J connectivity index is 1.55. The fourth-order valence-corrected chi connectivity index (χ4v) is 2.91. The first-order valence-electron chi connectivity index (χ1n) is 7.82. The monoisotopic (exact) mass is 300 g/mol. The molecule has 6 heteroatoms. The molecule has 1 atom stereocenters. The van der Waals surface area contributed by atoms with Crippen molar-refractivity contribution in [1.29, 1.82) is 0 Å². The summed E-state index contributed by atoms with van der Waals surface area (Å²) < 4.78 is 2.10. The summed E-state index contributed by atoms with van der Waals surface area (Å²) >= 11 is 0. The van der Waals surface area contributed by atoms with E-state index in [0.29, 0.717) is 6.04 Å². The van der Waals surface area contributed by atoms with E-state index in [1.165, 1.54) is 0 Å². The molecule has 0 N–H and O–H groups in total. The maximum absolute atomic E-state index is 4.46. The summed E-state index contributed by atoms with van der Waals surface area (Å²) in [5.41, 5.74) is 2.02. The predicted octanol–water partition coefficient (Wildman–Crippen LogP) is 1.22. The summed E-state index contributed by atoms with van der Waals surface area (Å²) in [5, 5.41) is 0. The second-order valence-corrected chi connectivity index (χ2v) is 6.16. The van der Waals surface area contributed by atoms with E-state index in [1.807, 2.05) is 31.7 Å². The number of nitrogens with zero attached hydrogens (tertiary/aromatic N) is 6. The Bertz CT molecular complexity index is 605. The summed E-state index contributed by atoms with van der Waals surface area (Å²) in [4.78, 5) is 18.2. The average Bonchev–Trinajstić information content (AvgIpc) is 2.90. The van der Waals surface area contributed by atoms with Crippen molar-refractivity contribution in [2.24, 2.45) is 7.05 Å². The van der Waals surface area contributed by atoms with Gasteiger partial charge in [-0.05, 0) is 13.8 Å². The van der Waals surface area contributed by atoms with Crippen LogP contribution in [0.25, 0.3) is 0 Å². The van der Waals surface area contributed by atoms with E-state index in [0.717, 1.165) is 49.9 Å². The Labute approximate surface area is 131 Å². The van der Waals surface area contributed by atoms with Crippen LogP contribution in [0.5, 0.6) is 0 Å². The summed E-state index contributed by atoms with van der Waals surface area (Å²) in [5.74, 6) is 1.13. The molecule has 0 saturated carbocycles. The zero-order valence-electron chi connectivity index (χ0n) is 13.6. The van der Waals surface area contributed by atoms with Crippen molar-refractivity contribution in [3.63, 3.8) is 0 Å². The minimum absolute atomic E-state index is 0.517. The summed E-state index contributed by atoms with van der Waals surface area (Å²) in [6.45, 7) is 9.24. The molecule has 2 aromatic rings. The van der Waals surface area contributed by atoms with Gasteiger partial charge < -0.3 is 4.57 Å². The van der Waals surface area contributed by atoms with Crippen LogP contribution in [-0.4, -0.2) is 55.0 Å². The summed E-state index contributed by atoms with van der Waals surface area (Å²) in [6.07, 6.45) is 7.61. The number of aromatic nitrogens is 4. The minimum atomic E-state index is 0.517. The second kappa shape index (κ2) is 6.54. The van der Waals surface area contributed by atoms with Crippen LogP contribution in [0.4, 0.5) is 0 Å². The van der Waals surface area contributed by atoms with Gasteiger partial charge in [-0.25, -0.2) is 4.98 Å². The summed E-state index contributed by atoms with van der Waals surface area (Å²) in [6, 6.07) is 0.517. The molecule has 1 aliphatic heterocycles. The topological polar surface area (TPSA) is 50.1 Å². The predicted molar refractivity (Wildman–Crippen MR) is 85.1 cm³/mol. The van der Waals surface area contributed by atoms with Crippen molar-refractivity contribution >= 4 is 0 Å². The maximum atomic E-state index is 4.46. The van der Waals surface area contributed by atoms with Crippen LogP contribution in [-0.2, 0) is 20.1 Å². The van der Waals surface area contributed by atoms with Gasteiger partial charge >= 0.3 is 0 Å². The van der Waals surface area contributed by atoms with E-state index in [1.54, 1.807) is 0 Å². The van der Waals surface area contributed by atoms with Crippen molar-refractivity contribution in [3.8, 4) is 0 Å². The Morgan fingerprint density at radius 2 is 2.00 bits per heavy atom. The van der Waals surface area contributed by atoms with Crippen molar-refractivity contribution in [2.75, 3.05) is 19.6 Å². The number of rotatable bonds is 4. The fraction of sp³-hybridized carbons (Fsp3) is 0.562. The molecule has 0 amide bonds. The molecule has 22 heavy (non-hydrogen) atoms. The van der Waals surface area contributed by atoms with Crippen LogP contribution < -0.4 is 0 Å². The van der Waals surface area contributed by atoms with Crippen LogP contribution >= 0.6 is 0 Å². The van der Waals surface area contributed by atoms with Crippen LogP contribution in [0.1, 0.15) is 24.1 Å². The molecule has 0 aliphatic carbocycles. The van der Waals surface area contributed by atoms with Crippen molar-refractivity contribution < 1.29 is 0 Å². The SMILES string of the molecule is Cc1cnc(CN2CCN(Cc3nccn3C)[C@@H](C)C2)cn1. The zero-order valence-corrected chi connectivity index (χ0v) is 13.6. The molecular weight excluding hydrogens is 276 g/mol. The van der Waals surface area contributed by atoms with Gasteiger partial charge in [0.25, 0.3) is 0 Å².